The van der Waals surface area contributed by atoms with Crippen LogP contribution < -0.4 is 0 Å². The first-order chi connectivity index (χ1) is 20.3. The molecule has 0 aliphatic heterocycles. The molecule has 0 spiro atoms. The molecule has 0 amide bonds. The molecule has 0 N–H and O–H groups in total. The van der Waals surface area contributed by atoms with Gasteiger partial charge in [-0.3, -0.25) is 0 Å². The third-order valence-electron chi connectivity index (χ3n) is 8.33. The van der Waals surface area contributed by atoms with Gasteiger partial charge in [0.2, 0.25) is 0 Å². The quantitative estimate of drug-likeness (QED) is 0.0349. The fraction of sp³-hybridized carbons (Fsp3) is 0.842. The number of rotatable bonds is 31. The van der Waals surface area contributed by atoms with Gasteiger partial charge in [0.05, 0.1) is 0 Å². The van der Waals surface area contributed by atoms with Gasteiger partial charge in [-0.15, -0.1) is 0 Å². The zero-order valence-electron chi connectivity index (χ0n) is 28.6. The maximum atomic E-state index is 12.6. The van der Waals surface area contributed by atoms with E-state index in [2.05, 4.69) is 27.0 Å². The van der Waals surface area contributed by atoms with Crippen molar-refractivity contribution in [2.45, 2.75) is 207 Å². The van der Waals surface area contributed by atoms with Gasteiger partial charge in [0.15, 0.2) is 0 Å². The highest BCUT2D eigenvalue weighted by Gasteiger charge is 2.38. The van der Waals surface area contributed by atoms with Crippen LogP contribution in [-0.4, -0.2) is 17.7 Å². The Labute approximate surface area is 261 Å². The smallest absolute Gasteiger partial charge is 0.336 e. The summed E-state index contributed by atoms with van der Waals surface area (Å²) in [7, 11) is 0. The number of esters is 2. The summed E-state index contributed by atoms with van der Waals surface area (Å²) in [4.78, 5) is 25.2. The maximum absolute atomic E-state index is 12.6. The van der Waals surface area contributed by atoms with E-state index >= 15 is 0 Å². The van der Waals surface area contributed by atoms with Crippen molar-refractivity contribution in [1.29, 1.82) is 0 Å². The van der Waals surface area contributed by atoms with E-state index in [1.54, 1.807) is 13.8 Å². The Morgan fingerprint density at radius 2 is 0.643 bits per heavy atom. The fourth-order valence-corrected chi connectivity index (χ4v) is 5.51. The van der Waals surface area contributed by atoms with Crippen LogP contribution in [0.1, 0.15) is 201 Å². The van der Waals surface area contributed by atoms with Gasteiger partial charge in [-0.2, -0.15) is 0 Å². The Bertz CT molecular complexity index is 667. The number of unbranched alkanes of at least 4 members (excludes halogenated alkanes) is 23. The average molecular weight is 591 g/mol. The summed E-state index contributed by atoms with van der Waals surface area (Å²) in [6.07, 6.45) is 32.6. The molecular formula is C38H70O4. The van der Waals surface area contributed by atoms with Crippen molar-refractivity contribution in [2.24, 2.45) is 0 Å². The maximum Gasteiger partial charge on any atom is 0.336 e. The summed E-state index contributed by atoms with van der Waals surface area (Å²) >= 11 is 0. The van der Waals surface area contributed by atoms with Crippen molar-refractivity contribution < 1.29 is 19.1 Å². The highest BCUT2D eigenvalue weighted by atomic mass is 16.7. The molecule has 0 unspecified atom stereocenters. The molecule has 0 aromatic heterocycles. The fourth-order valence-electron chi connectivity index (χ4n) is 5.51. The normalized spacial score (nSPS) is 11.4. The van der Waals surface area contributed by atoms with E-state index in [1.165, 1.54) is 122 Å². The number of hydrogen-bond acceptors (Lipinski definition) is 4. The largest absolute Gasteiger partial charge is 0.419 e. The Morgan fingerprint density at radius 1 is 0.429 bits per heavy atom. The summed E-state index contributed by atoms with van der Waals surface area (Å²) in [6, 6.07) is 0. The van der Waals surface area contributed by atoms with Gasteiger partial charge in [-0.05, 0) is 26.7 Å². The van der Waals surface area contributed by atoms with Crippen LogP contribution in [0.4, 0.5) is 0 Å². The zero-order chi connectivity index (χ0) is 31.3. The van der Waals surface area contributed by atoms with Crippen LogP contribution in [0.15, 0.2) is 24.3 Å². The van der Waals surface area contributed by atoms with E-state index in [9.17, 15) is 9.59 Å². The monoisotopic (exact) mass is 591 g/mol. The molecule has 0 saturated heterocycles. The SMILES string of the molecule is C=C(C)C(=O)OC(CCCCCCCCCCCC)(CCCCCCCCCCCCCCCCC)OC(=O)C(=C)C. The van der Waals surface area contributed by atoms with Crippen LogP contribution in [0, 0.1) is 0 Å². The lowest BCUT2D eigenvalue weighted by Gasteiger charge is -2.33. The van der Waals surface area contributed by atoms with Crippen molar-refractivity contribution in [2.75, 3.05) is 0 Å². The molecule has 0 atom stereocenters. The van der Waals surface area contributed by atoms with E-state index in [1.807, 2.05) is 0 Å². The van der Waals surface area contributed by atoms with Crippen molar-refractivity contribution in [1.82, 2.24) is 0 Å². The van der Waals surface area contributed by atoms with Crippen LogP contribution in [0.3, 0.4) is 0 Å². The Hall–Kier alpha value is -1.58. The zero-order valence-corrected chi connectivity index (χ0v) is 28.6. The molecule has 0 rings (SSSR count). The summed E-state index contributed by atoms with van der Waals surface area (Å²) < 4.78 is 11.8. The standard InChI is InChI=1S/C38H70O4/c1-7-9-11-13-15-17-19-20-21-22-23-25-27-29-31-33-38(41-36(39)34(3)4,42-37(40)35(5)6)32-30-28-26-24-18-16-14-12-10-8-2/h3,5,7-33H2,1-2,4,6H3. The molecule has 4 heteroatoms. The predicted molar refractivity (Wildman–Crippen MR) is 181 cm³/mol. The molecule has 0 aliphatic carbocycles. The van der Waals surface area contributed by atoms with Crippen LogP contribution in [0.5, 0.6) is 0 Å². The first kappa shape index (κ1) is 40.4. The minimum absolute atomic E-state index is 0.324. The van der Waals surface area contributed by atoms with Crippen LogP contribution in [-0.2, 0) is 19.1 Å². The molecular weight excluding hydrogens is 520 g/mol. The molecule has 0 heterocycles. The number of hydrogen-bond donors (Lipinski definition) is 0. The van der Waals surface area contributed by atoms with Gasteiger partial charge in [0, 0.05) is 24.0 Å². The molecule has 0 aromatic carbocycles. The molecule has 0 aliphatic rings. The predicted octanol–water partition coefficient (Wildman–Crippen LogP) is 12.5. The number of carbonyl (C=O) groups is 2. The van der Waals surface area contributed by atoms with Gasteiger partial charge in [0.1, 0.15) is 0 Å². The Kier molecular flexibility index (Phi) is 27.1. The van der Waals surface area contributed by atoms with E-state index < -0.39 is 17.7 Å². The van der Waals surface area contributed by atoms with Gasteiger partial charge >= 0.3 is 11.9 Å². The molecule has 0 aromatic rings. The summed E-state index contributed by atoms with van der Waals surface area (Å²) in [5.41, 5.74) is 0.649. The van der Waals surface area contributed by atoms with Gasteiger partial charge in [-0.1, -0.05) is 175 Å². The summed E-state index contributed by atoms with van der Waals surface area (Å²) in [5, 5.41) is 0. The Morgan fingerprint density at radius 3 is 0.857 bits per heavy atom. The third kappa shape index (κ3) is 23.9. The van der Waals surface area contributed by atoms with E-state index in [0.29, 0.717) is 24.0 Å². The van der Waals surface area contributed by atoms with Crippen LogP contribution >= 0.6 is 0 Å². The van der Waals surface area contributed by atoms with Crippen LogP contribution in [0.2, 0.25) is 0 Å². The van der Waals surface area contributed by atoms with Gasteiger partial charge in [0.25, 0.3) is 5.79 Å². The lowest BCUT2D eigenvalue weighted by Crippen LogP contribution is -2.40. The van der Waals surface area contributed by atoms with E-state index in [4.69, 9.17) is 9.47 Å². The first-order valence-corrected chi connectivity index (χ1v) is 18.1. The van der Waals surface area contributed by atoms with E-state index in [-0.39, 0.29) is 0 Å². The lowest BCUT2D eigenvalue weighted by molar-refractivity contribution is -0.229. The van der Waals surface area contributed by atoms with Crippen molar-refractivity contribution in [3.8, 4) is 0 Å². The van der Waals surface area contributed by atoms with E-state index in [0.717, 1.165) is 38.5 Å². The van der Waals surface area contributed by atoms with Gasteiger partial charge in [-0.25, -0.2) is 9.59 Å². The highest BCUT2D eigenvalue weighted by molar-refractivity contribution is 5.89. The molecule has 42 heavy (non-hydrogen) atoms. The summed E-state index contributed by atoms with van der Waals surface area (Å²) in [5.74, 6) is -2.21. The molecule has 0 bridgehead atoms. The van der Waals surface area contributed by atoms with Crippen molar-refractivity contribution in [3.63, 3.8) is 0 Å². The molecule has 0 fully saturated rings. The minimum Gasteiger partial charge on any atom is -0.419 e. The first-order valence-electron chi connectivity index (χ1n) is 18.1. The molecule has 0 saturated carbocycles. The minimum atomic E-state index is -1.23. The second-order valence-electron chi connectivity index (χ2n) is 12.9. The summed E-state index contributed by atoms with van der Waals surface area (Å²) in [6.45, 7) is 15.3. The Balaban J connectivity index is 4.55. The molecule has 0 radical (unpaired) electrons. The second kappa shape index (κ2) is 28.2. The van der Waals surface area contributed by atoms with Crippen LogP contribution in [0.25, 0.3) is 0 Å². The highest BCUT2D eigenvalue weighted by Crippen LogP contribution is 2.31. The molecule has 4 nitrogen and oxygen atoms in total. The van der Waals surface area contributed by atoms with Crippen molar-refractivity contribution in [3.05, 3.63) is 24.3 Å². The topological polar surface area (TPSA) is 52.6 Å². The lowest BCUT2D eigenvalue weighted by atomic mass is 9.98. The number of ether oxygens (including phenoxy) is 2. The second-order valence-corrected chi connectivity index (χ2v) is 12.9. The number of carbonyl (C=O) groups excluding carboxylic acids is 2. The average Bonchev–Trinajstić information content (AvgIpc) is 2.95. The van der Waals surface area contributed by atoms with Crippen molar-refractivity contribution >= 4 is 11.9 Å². The molecule has 246 valence electrons. The van der Waals surface area contributed by atoms with Gasteiger partial charge < -0.3 is 9.47 Å². The third-order valence-corrected chi connectivity index (χ3v) is 8.33.